The van der Waals surface area contributed by atoms with Crippen LogP contribution in [0.25, 0.3) is 0 Å². The third-order valence-electron chi connectivity index (χ3n) is 2.72. The van der Waals surface area contributed by atoms with E-state index in [1.807, 2.05) is 0 Å². The number of nitrogens with one attached hydrogen (secondary N) is 1. The van der Waals surface area contributed by atoms with Crippen LogP contribution in [-0.4, -0.2) is 25.6 Å². The van der Waals surface area contributed by atoms with Crippen molar-refractivity contribution in [2.45, 2.75) is 12.5 Å². The third-order valence-corrected chi connectivity index (χ3v) is 2.90. The van der Waals surface area contributed by atoms with Crippen molar-refractivity contribution in [3.8, 4) is 0 Å². The van der Waals surface area contributed by atoms with Gasteiger partial charge in [-0.25, -0.2) is 0 Å². The van der Waals surface area contributed by atoms with Gasteiger partial charge in [0.05, 0.1) is 19.3 Å². The maximum Gasteiger partial charge on any atom is 0.0662 e. The van der Waals surface area contributed by atoms with Crippen LogP contribution < -0.4 is 5.32 Å². The summed E-state index contributed by atoms with van der Waals surface area (Å²) in [5.41, 5.74) is 2.66. The van der Waals surface area contributed by atoms with E-state index < -0.39 is 0 Å². The maximum absolute atomic E-state index is 5.80. The lowest BCUT2D eigenvalue weighted by Gasteiger charge is -2.26. The molecule has 1 N–H and O–H groups in total. The average Bonchev–Trinajstić information content (AvgIpc) is 2.31. The summed E-state index contributed by atoms with van der Waals surface area (Å²) >= 11 is 5.80. The summed E-state index contributed by atoms with van der Waals surface area (Å²) in [5.74, 6) is 0.671. The van der Waals surface area contributed by atoms with Gasteiger partial charge in [0.2, 0.25) is 0 Å². The van der Waals surface area contributed by atoms with Crippen molar-refractivity contribution in [2.24, 2.45) is 0 Å². The van der Waals surface area contributed by atoms with Gasteiger partial charge < -0.3 is 10.1 Å². The molecule has 0 amide bonds. The van der Waals surface area contributed by atoms with E-state index in [1.54, 1.807) is 0 Å². The van der Waals surface area contributed by atoms with E-state index in [9.17, 15) is 0 Å². The first-order valence-electron chi connectivity index (χ1n) is 5.36. The molecule has 0 spiro atoms. The number of alkyl halides is 1. The number of halogens is 1. The summed E-state index contributed by atoms with van der Waals surface area (Å²) in [5, 5.41) is 3.47. The monoisotopic (exact) mass is 225 g/mol. The summed E-state index contributed by atoms with van der Waals surface area (Å²) in [6.07, 6.45) is 0.926. The van der Waals surface area contributed by atoms with E-state index in [0.29, 0.717) is 11.9 Å². The minimum atomic E-state index is 0.332. The highest BCUT2D eigenvalue weighted by Gasteiger charge is 2.17. The van der Waals surface area contributed by atoms with Gasteiger partial charge in [-0.15, -0.1) is 11.6 Å². The lowest BCUT2D eigenvalue weighted by molar-refractivity contribution is 0.0766. The van der Waals surface area contributed by atoms with Crippen molar-refractivity contribution in [2.75, 3.05) is 25.6 Å². The minimum absolute atomic E-state index is 0.332. The van der Waals surface area contributed by atoms with Crippen LogP contribution in [0.4, 0.5) is 0 Å². The Morgan fingerprint density at radius 2 is 2.27 bits per heavy atom. The molecule has 82 valence electrons. The summed E-state index contributed by atoms with van der Waals surface area (Å²) in [7, 11) is 0. The number of morpholine rings is 1. The van der Waals surface area contributed by atoms with Gasteiger partial charge in [0.25, 0.3) is 0 Å². The fourth-order valence-electron chi connectivity index (χ4n) is 1.97. The molecule has 1 aliphatic heterocycles. The fraction of sp³-hybridized carbons (Fsp3) is 0.500. The van der Waals surface area contributed by atoms with Gasteiger partial charge in [-0.1, -0.05) is 24.3 Å². The smallest absolute Gasteiger partial charge is 0.0662 e. The largest absolute Gasteiger partial charge is 0.378 e. The number of hydrogen-bond donors (Lipinski definition) is 1. The Balaban J connectivity index is 2.17. The molecule has 0 radical (unpaired) electrons. The Morgan fingerprint density at radius 1 is 1.40 bits per heavy atom. The molecule has 1 aromatic carbocycles. The normalized spacial score (nSPS) is 21.5. The average molecular weight is 226 g/mol. The Morgan fingerprint density at radius 3 is 3.00 bits per heavy atom. The second-order valence-corrected chi connectivity index (χ2v) is 4.10. The zero-order chi connectivity index (χ0) is 10.5. The van der Waals surface area contributed by atoms with Crippen molar-refractivity contribution in [3.63, 3.8) is 0 Å². The zero-order valence-corrected chi connectivity index (χ0v) is 9.46. The highest BCUT2D eigenvalue weighted by atomic mass is 35.5. The molecule has 0 aliphatic carbocycles. The molecule has 2 nitrogen and oxygen atoms in total. The maximum atomic E-state index is 5.80. The van der Waals surface area contributed by atoms with E-state index in [0.717, 1.165) is 26.2 Å². The van der Waals surface area contributed by atoms with Crippen LogP contribution in [0.5, 0.6) is 0 Å². The molecule has 3 heteroatoms. The lowest BCUT2D eigenvalue weighted by atomic mass is 9.98. The molecular weight excluding hydrogens is 210 g/mol. The number of benzene rings is 1. The molecule has 1 aromatic rings. The van der Waals surface area contributed by atoms with Crippen LogP contribution in [0.15, 0.2) is 24.3 Å². The van der Waals surface area contributed by atoms with Crippen molar-refractivity contribution in [1.82, 2.24) is 5.32 Å². The zero-order valence-electron chi connectivity index (χ0n) is 8.71. The first-order chi connectivity index (χ1) is 7.42. The van der Waals surface area contributed by atoms with Gasteiger partial charge in [-0.05, 0) is 17.5 Å². The third kappa shape index (κ3) is 2.71. The minimum Gasteiger partial charge on any atom is -0.378 e. The van der Waals surface area contributed by atoms with E-state index in [1.165, 1.54) is 11.1 Å². The van der Waals surface area contributed by atoms with Gasteiger partial charge >= 0.3 is 0 Å². The first-order valence-corrected chi connectivity index (χ1v) is 5.90. The van der Waals surface area contributed by atoms with Gasteiger partial charge in [0.1, 0.15) is 0 Å². The van der Waals surface area contributed by atoms with Crippen LogP contribution in [0.3, 0.4) is 0 Å². The summed E-state index contributed by atoms with van der Waals surface area (Å²) < 4.78 is 5.47. The van der Waals surface area contributed by atoms with Crippen molar-refractivity contribution in [1.29, 1.82) is 0 Å². The molecule has 1 atom stereocenters. The SMILES string of the molecule is ClCCc1ccccc1C1COCCN1. The highest BCUT2D eigenvalue weighted by molar-refractivity contribution is 6.18. The van der Waals surface area contributed by atoms with E-state index in [4.69, 9.17) is 16.3 Å². The second kappa shape index (κ2) is 5.50. The molecule has 0 saturated carbocycles. The number of rotatable bonds is 3. The predicted octanol–water partition coefficient (Wildman–Crippen LogP) is 2.13. The molecule has 1 aliphatic rings. The van der Waals surface area contributed by atoms with E-state index in [2.05, 4.69) is 29.6 Å². The van der Waals surface area contributed by atoms with E-state index in [-0.39, 0.29) is 0 Å². The summed E-state index contributed by atoms with van der Waals surface area (Å²) in [6, 6.07) is 8.78. The van der Waals surface area contributed by atoms with Crippen molar-refractivity contribution >= 4 is 11.6 Å². The number of hydrogen-bond acceptors (Lipinski definition) is 2. The molecule has 2 rings (SSSR count). The quantitative estimate of drug-likeness (QED) is 0.796. The molecule has 1 unspecified atom stereocenters. The molecule has 1 saturated heterocycles. The Bertz CT molecular complexity index is 310. The van der Waals surface area contributed by atoms with Crippen LogP contribution in [0.2, 0.25) is 0 Å². The molecule has 15 heavy (non-hydrogen) atoms. The standard InChI is InChI=1S/C12H16ClNO/c13-6-5-10-3-1-2-4-11(10)12-9-15-8-7-14-12/h1-4,12,14H,5-9H2. The van der Waals surface area contributed by atoms with Gasteiger partial charge in [0, 0.05) is 12.4 Å². The Kier molecular flexibility index (Phi) is 4.01. The number of aryl methyl sites for hydroxylation is 1. The molecule has 1 fully saturated rings. The van der Waals surface area contributed by atoms with Crippen molar-refractivity contribution < 1.29 is 4.74 Å². The first kappa shape index (κ1) is 10.9. The van der Waals surface area contributed by atoms with Crippen molar-refractivity contribution in [3.05, 3.63) is 35.4 Å². The molecule has 0 aromatic heterocycles. The highest BCUT2D eigenvalue weighted by Crippen LogP contribution is 2.20. The summed E-state index contributed by atoms with van der Waals surface area (Å²) in [4.78, 5) is 0. The fourth-order valence-corrected chi connectivity index (χ4v) is 2.17. The van der Waals surface area contributed by atoms with Gasteiger partial charge in [-0.2, -0.15) is 0 Å². The van der Waals surface area contributed by atoms with Crippen LogP contribution in [0, 0.1) is 0 Å². The number of ether oxygens (including phenoxy) is 1. The van der Waals surface area contributed by atoms with Crippen LogP contribution in [-0.2, 0) is 11.2 Å². The molecule has 1 heterocycles. The molecular formula is C12H16ClNO. The van der Waals surface area contributed by atoms with Crippen LogP contribution >= 0.6 is 11.6 Å². The lowest BCUT2D eigenvalue weighted by Crippen LogP contribution is -2.35. The summed E-state index contributed by atoms with van der Waals surface area (Å²) in [6.45, 7) is 2.51. The van der Waals surface area contributed by atoms with Gasteiger partial charge in [-0.3, -0.25) is 0 Å². The van der Waals surface area contributed by atoms with Gasteiger partial charge in [0.15, 0.2) is 0 Å². The second-order valence-electron chi connectivity index (χ2n) is 3.72. The Labute approximate surface area is 95.6 Å². The Hall–Kier alpha value is -0.570. The van der Waals surface area contributed by atoms with Crippen LogP contribution in [0.1, 0.15) is 17.2 Å². The van der Waals surface area contributed by atoms with E-state index >= 15 is 0 Å². The molecule has 0 bridgehead atoms. The topological polar surface area (TPSA) is 21.3 Å². The predicted molar refractivity (Wildman–Crippen MR) is 62.4 cm³/mol.